The van der Waals surface area contributed by atoms with Gasteiger partial charge in [0.25, 0.3) is 5.91 Å². The third-order valence-electron chi connectivity index (χ3n) is 4.39. The smallest absolute Gasteiger partial charge is 0.251 e. The average Bonchev–Trinajstić information content (AvgIpc) is 3.12. The molecule has 8 heteroatoms. The molecule has 2 aliphatic heterocycles. The number of nitrogens with zero attached hydrogens (tertiary/aromatic N) is 3. The summed E-state index contributed by atoms with van der Waals surface area (Å²) in [5.74, 6) is 0.928. The van der Waals surface area contributed by atoms with E-state index in [1.807, 2.05) is 18.7 Å². The second-order valence-corrected chi connectivity index (χ2v) is 6.76. The summed E-state index contributed by atoms with van der Waals surface area (Å²) in [6.07, 6.45) is 1.97. The number of aliphatic imine (C=N–C) groups is 1. The second kappa shape index (κ2) is 9.60. The Labute approximate surface area is 150 Å². The van der Waals surface area contributed by atoms with Crippen molar-refractivity contribution in [1.82, 2.24) is 20.4 Å². The number of hydrogen-bond acceptors (Lipinski definition) is 4. The zero-order valence-electron chi connectivity index (χ0n) is 15.6. The highest BCUT2D eigenvalue weighted by Gasteiger charge is 2.30. The summed E-state index contributed by atoms with van der Waals surface area (Å²) in [5, 5.41) is 6.10. The molecule has 0 aromatic heterocycles. The van der Waals surface area contributed by atoms with Crippen molar-refractivity contribution in [3.63, 3.8) is 0 Å². The molecule has 0 spiro atoms. The molecule has 142 valence electrons. The van der Waals surface area contributed by atoms with E-state index >= 15 is 0 Å². The standard InChI is InChI=1S/C17H31N5O3/c1-13(2)20-15(23)6-7-19-17(18-3)22-10-8-21(9-11-22)16(24)14-5-4-12-25-14/h13-14H,4-12H2,1-3H3,(H,18,19)(H,20,23). The van der Waals surface area contributed by atoms with Gasteiger partial charge in [0.2, 0.25) is 5.91 Å². The maximum Gasteiger partial charge on any atom is 0.251 e. The Morgan fingerprint density at radius 2 is 1.88 bits per heavy atom. The van der Waals surface area contributed by atoms with Crippen LogP contribution in [0.3, 0.4) is 0 Å². The van der Waals surface area contributed by atoms with E-state index in [9.17, 15) is 9.59 Å². The van der Waals surface area contributed by atoms with E-state index in [-0.39, 0.29) is 24.0 Å². The molecule has 2 aliphatic rings. The van der Waals surface area contributed by atoms with E-state index in [1.165, 1.54) is 0 Å². The van der Waals surface area contributed by atoms with Crippen molar-refractivity contribution in [2.24, 2.45) is 4.99 Å². The monoisotopic (exact) mass is 353 g/mol. The van der Waals surface area contributed by atoms with E-state index in [0.717, 1.165) is 31.9 Å². The lowest BCUT2D eigenvalue weighted by atomic mass is 10.2. The maximum atomic E-state index is 12.4. The quantitative estimate of drug-likeness (QED) is 0.528. The van der Waals surface area contributed by atoms with E-state index in [0.29, 0.717) is 32.7 Å². The van der Waals surface area contributed by atoms with Gasteiger partial charge in [-0.05, 0) is 26.7 Å². The van der Waals surface area contributed by atoms with Crippen LogP contribution in [-0.2, 0) is 14.3 Å². The summed E-state index contributed by atoms with van der Waals surface area (Å²) >= 11 is 0. The summed E-state index contributed by atoms with van der Waals surface area (Å²) < 4.78 is 5.49. The van der Waals surface area contributed by atoms with Crippen molar-refractivity contribution in [1.29, 1.82) is 0 Å². The Bertz CT molecular complexity index is 481. The van der Waals surface area contributed by atoms with Crippen LogP contribution in [0.4, 0.5) is 0 Å². The summed E-state index contributed by atoms with van der Waals surface area (Å²) in [4.78, 5) is 32.4. The van der Waals surface area contributed by atoms with Crippen molar-refractivity contribution < 1.29 is 14.3 Å². The molecule has 0 aromatic rings. The van der Waals surface area contributed by atoms with Crippen molar-refractivity contribution >= 4 is 17.8 Å². The Morgan fingerprint density at radius 1 is 1.20 bits per heavy atom. The van der Waals surface area contributed by atoms with Gasteiger partial charge in [-0.1, -0.05) is 0 Å². The van der Waals surface area contributed by atoms with Crippen LogP contribution in [0.2, 0.25) is 0 Å². The second-order valence-electron chi connectivity index (χ2n) is 6.76. The van der Waals surface area contributed by atoms with Crippen LogP contribution in [0.25, 0.3) is 0 Å². The topological polar surface area (TPSA) is 86.3 Å². The number of piperazine rings is 1. The third-order valence-corrected chi connectivity index (χ3v) is 4.39. The first-order chi connectivity index (χ1) is 12.0. The van der Waals surface area contributed by atoms with Crippen LogP contribution in [-0.4, -0.2) is 86.1 Å². The minimum Gasteiger partial charge on any atom is -0.368 e. The molecule has 0 radical (unpaired) electrons. The molecule has 2 heterocycles. The molecular formula is C17H31N5O3. The van der Waals surface area contributed by atoms with Gasteiger partial charge < -0.3 is 25.2 Å². The zero-order chi connectivity index (χ0) is 18.2. The van der Waals surface area contributed by atoms with Gasteiger partial charge in [0.15, 0.2) is 5.96 Å². The fourth-order valence-corrected chi connectivity index (χ4v) is 3.13. The average molecular weight is 353 g/mol. The van der Waals surface area contributed by atoms with Crippen LogP contribution in [0.1, 0.15) is 33.1 Å². The molecule has 2 saturated heterocycles. The van der Waals surface area contributed by atoms with Crippen molar-refractivity contribution in [2.45, 2.75) is 45.3 Å². The number of ether oxygens (including phenoxy) is 1. The molecule has 1 atom stereocenters. The van der Waals surface area contributed by atoms with Gasteiger partial charge in [-0.2, -0.15) is 0 Å². The number of nitrogens with one attached hydrogen (secondary N) is 2. The zero-order valence-corrected chi connectivity index (χ0v) is 15.6. The van der Waals surface area contributed by atoms with E-state index in [4.69, 9.17) is 4.74 Å². The summed E-state index contributed by atoms with van der Waals surface area (Å²) in [6, 6.07) is 0.154. The van der Waals surface area contributed by atoms with Gasteiger partial charge >= 0.3 is 0 Å². The molecule has 25 heavy (non-hydrogen) atoms. The first-order valence-electron chi connectivity index (χ1n) is 9.16. The first-order valence-corrected chi connectivity index (χ1v) is 9.16. The van der Waals surface area contributed by atoms with Gasteiger partial charge in [0, 0.05) is 58.8 Å². The Hall–Kier alpha value is -1.83. The molecule has 8 nitrogen and oxygen atoms in total. The number of carbonyl (C=O) groups excluding carboxylic acids is 2. The molecular weight excluding hydrogens is 322 g/mol. The largest absolute Gasteiger partial charge is 0.368 e. The summed E-state index contributed by atoms with van der Waals surface area (Å²) in [7, 11) is 1.74. The number of guanidine groups is 1. The molecule has 0 aromatic carbocycles. The normalized spacial score (nSPS) is 21.6. The molecule has 1 unspecified atom stereocenters. The van der Waals surface area contributed by atoms with Gasteiger partial charge in [0.05, 0.1) is 0 Å². The third kappa shape index (κ3) is 5.88. The van der Waals surface area contributed by atoms with Gasteiger partial charge in [-0.25, -0.2) is 0 Å². The number of amides is 2. The number of carbonyl (C=O) groups is 2. The number of hydrogen-bond donors (Lipinski definition) is 2. The van der Waals surface area contributed by atoms with E-state index < -0.39 is 0 Å². The fraction of sp³-hybridized carbons (Fsp3) is 0.824. The van der Waals surface area contributed by atoms with Crippen molar-refractivity contribution in [2.75, 3.05) is 46.4 Å². The minimum absolute atomic E-state index is 0.0323. The predicted octanol–water partition coefficient (Wildman–Crippen LogP) is -0.200. The van der Waals surface area contributed by atoms with E-state index in [1.54, 1.807) is 7.05 Å². The van der Waals surface area contributed by atoms with Gasteiger partial charge in [-0.3, -0.25) is 14.6 Å². The number of rotatable bonds is 5. The van der Waals surface area contributed by atoms with Crippen LogP contribution in [0.5, 0.6) is 0 Å². The highest BCUT2D eigenvalue weighted by molar-refractivity contribution is 5.83. The summed E-state index contributed by atoms with van der Waals surface area (Å²) in [5.41, 5.74) is 0. The fourth-order valence-electron chi connectivity index (χ4n) is 3.13. The van der Waals surface area contributed by atoms with Crippen molar-refractivity contribution in [3.8, 4) is 0 Å². The molecule has 2 fully saturated rings. The molecule has 2 amide bonds. The summed E-state index contributed by atoms with van der Waals surface area (Å²) in [6.45, 7) is 7.94. The lowest BCUT2D eigenvalue weighted by Crippen LogP contribution is -2.55. The van der Waals surface area contributed by atoms with Crippen LogP contribution in [0.15, 0.2) is 4.99 Å². The minimum atomic E-state index is -0.247. The lowest BCUT2D eigenvalue weighted by molar-refractivity contribution is -0.142. The molecule has 0 saturated carbocycles. The Kier molecular flexibility index (Phi) is 7.49. The lowest BCUT2D eigenvalue weighted by Gasteiger charge is -2.37. The molecule has 0 aliphatic carbocycles. The maximum absolute atomic E-state index is 12.4. The highest BCUT2D eigenvalue weighted by atomic mass is 16.5. The molecule has 2 N–H and O–H groups in total. The molecule has 0 bridgehead atoms. The van der Waals surface area contributed by atoms with Gasteiger partial charge in [0.1, 0.15) is 6.10 Å². The van der Waals surface area contributed by atoms with Crippen LogP contribution in [0, 0.1) is 0 Å². The van der Waals surface area contributed by atoms with Crippen LogP contribution < -0.4 is 10.6 Å². The SMILES string of the molecule is CN=C(NCCC(=O)NC(C)C)N1CCN(C(=O)C2CCCO2)CC1. The van der Waals surface area contributed by atoms with Gasteiger partial charge in [-0.15, -0.1) is 0 Å². The van der Waals surface area contributed by atoms with Crippen molar-refractivity contribution in [3.05, 3.63) is 0 Å². The first kappa shape index (κ1) is 19.5. The highest BCUT2D eigenvalue weighted by Crippen LogP contribution is 2.16. The predicted molar refractivity (Wildman–Crippen MR) is 96.4 cm³/mol. The molecule has 2 rings (SSSR count). The van der Waals surface area contributed by atoms with Crippen LogP contribution >= 0.6 is 0 Å². The Morgan fingerprint density at radius 3 is 2.44 bits per heavy atom. The van der Waals surface area contributed by atoms with E-state index in [2.05, 4.69) is 20.5 Å². The Balaban J connectivity index is 1.72.